The Morgan fingerprint density at radius 1 is 1.31 bits per heavy atom. The van der Waals surface area contributed by atoms with E-state index in [0.29, 0.717) is 0 Å². The van der Waals surface area contributed by atoms with E-state index in [1.807, 2.05) is 33.8 Å². The van der Waals surface area contributed by atoms with Crippen LogP contribution < -0.4 is 0 Å². The minimum Gasteiger partial charge on any atom is -0.481 e. The van der Waals surface area contributed by atoms with Crippen LogP contribution in [0.1, 0.15) is 41.0 Å². The third-order valence-corrected chi connectivity index (χ3v) is 0.708. The van der Waals surface area contributed by atoms with E-state index in [2.05, 4.69) is 10.2 Å². The van der Waals surface area contributed by atoms with Crippen LogP contribution in [-0.2, 0) is 37.5 Å². The van der Waals surface area contributed by atoms with Crippen molar-refractivity contribution >= 4 is 5.97 Å². The van der Waals surface area contributed by atoms with Gasteiger partial charge in [0.25, 0.3) is 0 Å². The van der Waals surface area contributed by atoms with Gasteiger partial charge >= 0.3 is 5.97 Å². The molecule has 4 nitrogen and oxygen atoms in total. The number of nitrogens with zero attached hydrogens (tertiary/aromatic N) is 1. The molecule has 0 saturated heterocycles. The van der Waals surface area contributed by atoms with Gasteiger partial charge in [0, 0.05) is 51.5 Å². The summed E-state index contributed by atoms with van der Waals surface area (Å²) in [5.41, 5.74) is 0. The Labute approximate surface area is 125 Å². The zero-order valence-corrected chi connectivity index (χ0v) is 14.2. The van der Waals surface area contributed by atoms with Gasteiger partial charge < -0.3 is 12.5 Å². The van der Waals surface area contributed by atoms with Crippen molar-refractivity contribution in [3.63, 3.8) is 0 Å². The number of aliphatic carboxylic acids is 1. The fourth-order valence-corrected chi connectivity index (χ4v) is 0.215. The van der Waals surface area contributed by atoms with E-state index in [1.165, 1.54) is 0 Å². The topological polar surface area (TPSA) is 66.0 Å². The van der Waals surface area contributed by atoms with Gasteiger partial charge in [-0.2, -0.15) is 5.10 Å². The van der Waals surface area contributed by atoms with Crippen molar-refractivity contribution in [2.75, 3.05) is 0 Å². The van der Waals surface area contributed by atoms with Crippen molar-refractivity contribution in [1.29, 1.82) is 0 Å². The van der Waals surface area contributed by atoms with Crippen LogP contribution in [0.15, 0.2) is 18.5 Å². The van der Waals surface area contributed by atoms with Gasteiger partial charge in [-0.05, 0) is 6.07 Å². The van der Waals surface area contributed by atoms with Gasteiger partial charge in [-0.25, -0.2) is 0 Å². The first kappa shape index (κ1) is 29.7. The minimum absolute atomic E-state index is 0. The fraction of sp³-hybridized carbons (Fsp3) is 0.545. The molecule has 0 saturated carbocycles. The molecule has 0 aromatic carbocycles. The quantitative estimate of drug-likeness (QED) is 0.782. The molecule has 1 aromatic heterocycles. The smallest absolute Gasteiger partial charge is 0.303 e. The first-order valence-electron chi connectivity index (χ1n) is 4.93. The molecular weight excluding hydrogens is 281 g/mol. The van der Waals surface area contributed by atoms with Crippen LogP contribution in [0.25, 0.3) is 0 Å². The Balaban J connectivity index is -0.0000000352. The zero-order valence-electron chi connectivity index (χ0n) is 11.3. The molecule has 0 unspecified atom stereocenters. The van der Waals surface area contributed by atoms with Crippen molar-refractivity contribution in [3.8, 4) is 0 Å². The third-order valence-electron chi connectivity index (χ3n) is 0.708. The first-order chi connectivity index (χ1) is 6.77. The summed E-state index contributed by atoms with van der Waals surface area (Å²) in [6, 6.07) is 1.83. The number of carboxylic acid groups (broad SMARTS) is 1. The number of H-pyrrole nitrogens is 1. The van der Waals surface area contributed by atoms with Crippen molar-refractivity contribution < 1.29 is 42.6 Å². The first-order valence-corrected chi connectivity index (χ1v) is 4.93. The van der Waals surface area contributed by atoms with Crippen LogP contribution in [0, 0.1) is 7.43 Å². The summed E-state index contributed by atoms with van der Waals surface area (Å²) in [4.78, 5) is 9.37. The Morgan fingerprint density at radius 3 is 1.75 bits per heavy atom. The minimum atomic E-state index is -0.745. The third kappa shape index (κ3) is 48.9. The second kappa shape index (κ2) is 36.4. The van der Waals surface area contributed by atoms with Gasteiger partial charge in [-0.15, -0.1) is 0 Å². The molecule has 2 N–H and O–H groups in total. The van der Waals surface area contributed by atoms with Gasteiger partial charge in [-0.1, -0.05) is 34.6 Å². The molecule has 0 aliphatic heterocycles. The molecule has 0 bridgehead atoms. The molecule has 0 fully saturated rings. The van der Waals surface area contributed by atoms with E-state index < -0.39 is 5.97 Å². The number of hydrogen-bond acceptors (Lipinski definition) is 2. The summed E-state index contributed by atoms with van der Waals surface area (Å²) in [5, 5.41) is 13.9. The number of aromatic nitrogens is 2. The predicted octanol–water partition coefficient (Wildman–Crippen LogP) is 3.39. The number of carbonyl (C=O) groups is 1. The van der Waals surface area contributed by atoms with E-state index >= 15 is 0 Å². The Morgan fingerprint density at radius 2 is 1.69 bits per heavy atom. The summed E-state index contributed by atoms with van der Waals surface area (Å²) < 4.78 is 0. The molecule has 1 radical (unpaired) electrons. The monoisotopic (exact) mass is 306 g/mol. The van der Waals surface area contributed by atoms with Crippen LogP contribution in [0.3, 0.4) is 0 Å². The maximum absolute atomic E-state index is 9.37. The molecule has 1 aromatic rings. The number of rotatable bonds is 1. The van der Waals surface area contributed by atoms with E-state index in [9.17, 15) is 4.79 Å². The van der Waals surface area contributed by atoms with Crippen LogP contribution in [0.5, 0.6) is 0 Å². The second-order valence-corrected chi connectivity index (χ2v) is 1.51. The average Bonchev–Trinajstić information content (AvgIpc) is 2.82. The van der Waals surface area contributed by atoms with Crippen molar-refractivity contribution in [2.45, 2.75) is 41.0 Å². The zero-order chi connectivity index (χ0) is 11.8. The molecule has 0 aliphatic rings. The Bertz CT molecular complexity index is 151. The van der Waals surface area contributed by atoms with Gasteiger partial charge in [0.1, 0.15) is 0 Å². The molecule has 5 heteroatoms. The molecule has 1 heterocycles. The van der Waals surface area contributed by atoms with Crippen molar-refractivity contribution in [3.05, 3.63) is 25.9 Å². The molecule has 0 aliphatic carbocycles. The average molecular weight is 306 g/mol. The summed E-state index contributed by atoms with van der Waals surface area (Å²) in [5.74, 6) is -0.745. The van der Waals surface area contributed by atoms with Gasteiger partial charge in [0.2, 0.25) is 0 Å². The number of nitrogens with one attached hydrogen (secondary N) is 1. The summed E-state index contributed by atoms with van der Waals surface area (Å²) in [6.45, 7) is 9.60. The van der Waals surface area contributed by atoms with E-state index in [1.54, 1.807) is 19.3 Å². The van der Waals surface area contributed by atoms with Crippen LogP contribution >= 0.6 is 0 Å². The standard InChI is InChI=1S/C3H4N2.C3H6O2.2C2H6.CH3.Y/c1-2-4-5-3-1;1-2-3(4)5;2*1-2;;/h1-3H,(H,4,5);2H2,1H3,(H,4,5);2*1-2H3;1H3;/q;;;;-1;. The molecule has 0 amide bonds. The van der Waals surface area contributed by atoms with Crippen LogP contribution in [0.2, 0.25) is 0 Å². The number of aromatic amines is 1. The van der Waals surface area contributed by atoms with E-state index in [0.717, 1.165) is 0 Å². The molecule has 0 atom stereocenters. The van der Waals surface area contributed by atoms with Crippen LogP contribution in [0.4, 0.5) is 0 Å². The molecule has 1 rings (SSSR count). The van der Waals surface area contributed by atoms with E-state index in [4.69, 9.17) is 5.11 Å². The summed E-state index contributed by atoms with van der Waals surface area (Å²) in [6.07, 6.45) is 3.68. The number of carboxylic acids is 1. The molecule has 16 heavy (non-hydrogen) atoms. The summed E-state index contributed by atoms with van der Waals surface area (Å²) in [7, 11) is 0. The predicted molar refractivity (Wildman–Crippen MR) is 65.6 cm³/mol. The van der Waals surface area contributed by atoms with Gasteiger partial charge in [-0.3, -0.25) is 9.89 Å². The Hall–Kier alpha value is -0.216. The van der Waals surface area contributed by atoms with E-state index in [-0.39, 0.29) is 46.6 Å². The summed E-state index contributed by atoms with van der Waals surface area (Å²) >= 11 is 0. The molecule has 0 spiro atoms. The largest absolute Gasteiger partial charge is 0.481 e. The SMILES string of the molecule is CC.CC.CCC(=O)O.[CH3-].[Y].c1cn[nH]c1. The van der Waals surface area contributed by atoms with Crippen molar-refractivity contribution in [2.24, 2.45) is 0 Å². The Kier molecular flexibility index (Phi) is 67.5. The van der Waals surface area contributed by atoms with Crippen LogP contribution in [-0.4, -0.2) is 21.3 Å². The number of hydrogen-bond donors (Lipinski definition) is 2. The normalized spacial score (nSPS) is 5.56. The molecule has 95 valence electrons. The molecular formula is C11H25N2O2Y-. The van der Waals surface area contributed by atoms with Gasteiger partial charge in [0.05, 0.1) is 0 Å². The van der Waals surface area contributed by atoms with Crippen molar-refractivity contribution in [1.82, 2.24) is 10.2 Å². The second-order valence-electron chi connectivity index (χ2n) is 1.51. The van der Waals surface area contributed by atoms with Gasteiger partial charge in [0.15, 0.2) is 0 Å². The maximum atomic E-state index is 9.37. The maximum Gasteiger partial charge on any atom is 0.303 e. The fourth-order valence-electron chi connectivity index (χ4n) is 0.215.